The number of piperidine rings is 2. The van der Waals surface area contributed by atoms with Gasteiger partial charge in [0.15, 0.2) is 5.82 Å². The molecule has 1 aliphatic carbocycles. The molecule has 374 valence electrons. The van der Waals surface area contributed by atoms with Gasteiger partial charge in [0.25, 0.3) is 11.5 Å². The standard InChI is InChI=1S/C53H72N12O5/c1-34-24-40(14-17-60(34)41-13-15-55-48(27-41)62-22-23-70-33-36(62)3)59-18-19-61(35(2)30-59)42-11-10-39(25-37(42)9-12-47(54)67)56-50-52(69)58(6)31-49(57-50)64-16-7-8-43(46(64)32-66)65-21-20-63-44(51(65)68)26-38-28-53(4,5)29-45(38)63/h9-13,15,25-27,31,34-36,40,43,46,66H,7-8,14,16-24,28-30,32-33H2,1-6H3,(H2,54,67)(H,56,57)/t34-,35-,36-,40?,43?,46?/m0/s1. The van der Waals surface area contributed by atoms with Crippen LogP contribution in [0.4, 0.5) is 34.5 Å². The lowest BCUT2D eigenvalue weighted by Crippen LogP contribution is -2.60. The van der Waals surface area contributed by atoms with E-state index in [2.05, 4.69) is 87.2 Å². The number of piperazine rings is 1. The van der Waals surface area contributed by atoms with Crippen molar-refractivity contribution in [3.63, 3.8) is 0 Å². The van der Waals surface area contributed by atoms with E-state index in [9.17, 15) is 19.5 Å². The van der Waals surface area contributed by atoms with Gasteiger partial charge in [-0.25, -0.2) is 9.97 Å². The van der Waals surface area contributed by atoms with Gasteiger partial charge in [0.2, 0.25) is 5.91 Å². The van der Waals surface area contributed by atoms with Crippen molar-refractivity contribution in [3.8, 4) is 0 Å². The van der Waals surface area contributed by atoms with Crippen LogP contribution in [0.1, 0.15) is 87.6 Å². The van der Waals surface area contributed by atoms with Gasteiger partial charge in [-0.05, 0) is 107 Å². The first-order valence-corrected chi connectivity index (χ1v) is 25.6. The van der Waals surface area contributed by atoms with Crippen LogP contribution in [-0.2, 0) is 36.0 Å². The van der Waals surface area contributed by atoms with Crippen LogP contribution in [0.3, 0.4) is 0 Å². The maximum atomic E-state index is 14.2. The number of fused-ring (bicyclic) bond motifs is 3. The molecule has 17 nitrogen and oxygen atoms in total. The average molecular weight is 957 g/mol. The molecule has 3 unspecified atom stereocenters. The molecule has 10 rings (SSSR count). The molecule has 70 heavy (non-hydrogen) atoms. The second kappa shape index (κ2) is 19.4. The van der Waals surface area contributed by atoms with Gasteiger partial charge < -0.3 is 54.5 Å². The maximum Gasteiger partial charge on any atom is 0.293 e. The number of benzene rings is 1. The van der Waals surface area contributed by atoms with Gasteiger partial charge in [0.1, 0.15) is 17.3 Å². The smallest absolute Gasteiger partial charge is 0.293 e. The van der Waals surface area contributed by atoms with E-state index < -0.39 is 11.9 Å². The van der Waals surface area contributed by atoms with E-state index in [4.69, 9.17) is 20.4 Å². The number of aliphatic hydroxyl groups excluding tert-OH is 1. The number of aryl methyl sites for hydroxylation is 1. The molecule has 5 aliphatic heterocycles. The van der Waals surface area contributed by atoms with Crippen LogP contribution in [0.15, 0.2) is 59.7 Å². The van der Waals surface area contributed by atoms with E-state index in [-0.39, 0.29) is 41.4 Å². The van der Waals surface area contributed by atoms with Crippen LogP contribution in [0.5, 0.6) is 0 Å². The largest absolute Gasteiger partial charge is 0.394 e. The molecule has 4 N–H and O–H groups in total. The highest BCUT2D eigenvalue weighted by molar-refractivity contribution is 5.94. The zero-order valence-corrected chi connectivity index (χ0v) is 41.9. The number of hydrogen-bond acceptors (Lipinski definition) is 13. The number of nitrogens with one attached hydrogen (secondary N) is 1. The summed E-state index contributed by atoms with van der Waals surface area (Å²) in [5.41, 5.74) is 12.5. The van der Waals surface area contributed by atoms with Crippen LogP contribution < -0.4 is 36.2 Å². The molecule has 6 atom stereocenters. The lowest BCUT2D eigenvalue weighted by atomic mass is 9.90. The van der Waals surface area contributed by atoms with Crippen molar-refractivity contribution < 1.29 is 19.4 Å². The van der Waals surface area contributed by atoms with Gasteiger partial charge in [-0.1, -0.05) is 13.8 Å². The van der Waals surface area contributed by atoms with Crippen molar-refractivity contribution in [2.75, 3.05) is 90.6 Å². The predicted octanol–water partition coefficient (Wildman–Crippen LogP) is 4.62. The monoisotopic (exact) mass is 957 g/mol. The minimum atomic E-state index is -0.546. The fourth-order valence-electron chi connectivity index (χ4n) is 12.6. The zero-order valence-electron chi connectivity index (χ0n) is 41.9. The summed E-state index contributed by atoms with van der Waals surface area (Å²) in [6, 6.07) is 13.1. The number of pyridine rings is 1. The molecule has 0 spiro atoms. The molecule has 0 saturated carbocycles. The van der Waals surface area contributed by atoms with Gasteiger partial charge in [-0.3, -0.25) is 19.3 Å². The number of nitrogens with zero attached hydrogens (tertiary/aromatic N) is 10. The quantitative estimate of drug-likeness (QED) is 0.178. The van der Waals surface area contributed by atoms with E-state index >= 15 is 0 Å². The molecule has 4 fully saturated rings. The number of hydrogen-bond donors (Lipinski definition) is 3. The number of morpholine rings is 1. The van der Waals surface area contributed by atoms with E-state index in [1.54, 1.807) is 19.3 Å². The van der Waals surface area contributed by atoms with Crippen LogP contribution in [0, 0.1) is 5.41 Å². The Morgan fingerprint density at radius 3 is 2.50 bits per heavy atom. The lowest BCUT2D eigenvalue weighted by molar-refractivity contribution is -0.113. The molecule has 17 heteroatoms. The first-order valence-electron chi connectivity index (χ1n) is 25.6. The summed E-state index contributed by atoms with van der Waals surface area (Å²) in [7, 11) is 1.70. The van der Waals surface area contributed by atoms with Crippen LogP contribution in [0.25, 0.3) is 6.08 Å². The molecule has 2 amide bonds. The van der Waals surface area contributed by atoms with Crippen molar-refractivity contribution in [2.24, 2.45) is 18.2 Å². The van der Waals surface area contributed by atoms with Crippen molar-refractivity contribution in [3.05, 3.63) is 87.7 Å². The number of aliphatic hydroxyl groups is 1. The predicted molar refractivity (Wildman–Crippen MR) is 275 cm³/mol. The lowest BCUT2D eigenvalue weighted by Gasteiger charge is -2.48. The number of nitrogens with two attached hydrogens (primary N) is 1. The number of amides is 2. The minimum absolute atomic E-state index is 0.0153. The number of anilines is 6. The molecule has 4 aromatic rings. The van der Waals surface area contributed by atoms with Crippen molar-refractivity contribution in [2.45, 2.75) is 116 Å². The number of ether oxygens (including phenoxy) is 1. The third kappa shape index (κ3) is 9.27. The van der Waals surface area contributed by atoms with Gasteiger partial charge >= 0.3 is 0 Å². The number of carbonyl (C=O) groups excluding carboxylic acids is 2. The number of primary amides is 1. The summed E-state index contributed by atoms with van der Waals surface area (Å²) >= 11 is 0. The van der Waals surface area contributed by atoms with Gasteiger partial charge in [0, 0.05) is 130 Å². The van der Waals surface area contributed by atoms with E-state index in [1.807, 2.05) is 29.3 Å². The first-order chi connectivity index (χ1) is 33.7. The molecule has 4 saturated heterocycles. The van der Waals surface area contributed by atoms with E-state index in [0.717, 1.165) is 114 Å². The second-order valence-electron chi connectivity index (χ2n) is 21.6. The highest BCUT2D eigenvalue weighted by Gasteiger charge is 2.43. The Bertz CT molecular complexity index is 2700. The fraction of sp³-hybridized carbons (Fsp3) is 0.566. The molecule has 0 radical (unpaired) electrons. The highest BCUT2D eigenvalue weighted by Crippen LogP contribution is 2.40. The van der Waals surface area contributed by atoms with Crippen LogP contribution >= 0.6 is 0 Å². The summed E-state index contributed by atoms with van der Waals surface area (Å²) in [5, 5.41) is 14.3. The molecule has 3 aromatic heterocycles. The van der Waals surface area contributed by atoms with Gasteiger partial charge in [-0.2, -0.15) is 0 Å². The summed E-state index contributed by atoms with van der Waals surface area (Å²) in [5.74, 6) is 1.17. The molecule has 1 aromatic carbocycles. The maximum absolute atomic E-state index is 14.2. The van der Waals surface area contributed by atoms with Crippen molar-refractivity contribution in [1.82, 2.24) is 28.9 Å². The number of carbonyl (C=O) groups is 2. The second-order valence-corrected chi connectivity index (χ2v) is 21.6. The first kappa shape index (κ1) is 47.8. The Kier molecular flexibility index (Phi) is 13.2. The number of rotatable bonds is 11. The molecule has 8 heterocycles. The Hall–Kier alpha value is -5.91. The minimum Gasteiger partial charge on any atom is -0.394 e. The number of aromatic nitrogens is 4. The summed E-state index contributed by atoms with van der Waals surface area (Å²) < 4.78 is 9.42. The fourth-order valence-corrected chi connectivity index (χ4v) is 12.6. The van der Waals surface area contributed by atoms with E-state index in [1.165, 1.54) is 27.6 Å². The van der Waals surface area contributed by atoms with Crippen LogP contribution in [0.2, 0.25) is 0 Å². The summed E-state index contributed by atoms with van der Waals surface area (Å²) in [6.07, 6.45) is 12.5. The van der Waals surface area contributed by atoms with Crippen molar-refractivity contribution >= 4 is 52.4 Å². The SMILES string of the molecule is C[C@H]1CC(N2CCN(c3ccc(Nc4nc(N5CCCC(N6CCn7c(cc8c7CC(C)(C)C8)C6=O)C5CO)cn(C)c4=O)cc3C=CC(N)=O)[C@@H](C)C2)CCN1c1ccnc(N2CCOC[C@@H]2C)c1. The van der Waals surface area contributed by atoms with E-state index in [0.29, 0.717) is 42.7 Å². The topological polar surface area (TPSA) is 174 Å². The Balaban J connectivity index is 0.821. The Labute approximate surface area is 411 Å². The Morgan fingerprint density at radius 2 is 1.73 bits per heavy atom. The Morgan fingerprint density at radius 1 is 0.900 bits per heavy atom. The molecule has 6 aliphatic rings. The van der Waals surface area contributed by atoms with Crippen LogP contribution in [-0.4, -0.2) is 148 Å². The third-order valence-electron chi connectivity index (χ3n) is 16.1. The normalized spacial score (nSPS) is 26.2. The molecular weight excluding hydrogens is 885 g/mol. The molecular formula is C53H72N12O5. The molecule has 0 bridgehead atoms. The van der Waals surface area contributed by atoms with Gasteiger partial charge in [-0.15, -0.1) is 0 Å². The van der Waals surface area contributed by atoms with Gasteiger partial charge in [0.05, 0.1) is 37.9 Å². The van der Waals surface area contributed by atoms with Crippen molar-refractivity contribution in [1.29, 1.82) is 0 Å². The zero-order chi connectivity index (χ0) is 49.0. The summed E-state index contributed by atoms with van der Waals surface area (Å²) in [4.78, 5) is 63.7. The average Bonchev–Trinajstić information content (AvgIpc) is 3.84. The third-order valence-corrected chi connectivity index (χ3v) is 16.1. The summed E-state index contributed by atoms with van der Waals surface area (Å²) in [6.45, 7) is 19.0. The highest BCUT2D eigenvalue weighted by atomic mass is 16.5.